The summed E-state index contributed by atoms with van der Waals surface area (Å²) >= 11 is 0. The summed E-state index contributed by atoms with van der Waals surface area (Å²) in [6, 6.07) is 21.4. The van der Waals surface area contributed by atoms with Crippen LogP contribution in [-0.2, 0) is 19.4 Å². The third-order valence-corrected chi connectivity index (χ3v) is 6.06. The van der Waals surface area contributed by atoms with Crippen molar-refractivity contribution in [2.24, 2.45) is 5.73 Å². The Bertz CT molecular complexity index is 916. The Labute approximate surface area is 160 Å². The topological polar surface area (TPSA) is 47.1 Å². The quantitative estimate of drug-likeness (QED) is 0.778. The SMILES string of the molecule is N[C@@H]1CN(Cc2nn(-c3ccccc3)c3c2CCC3)C[C@H]1c1ccccc1. The number of nitrogens with zero attached hydrogens (tertiary/aromatic N) is 3. The van der Waals surface area contributed by atoms with E-state index in [0.29, 0.717) is 5.92 Å². The predicted molar refractivity (Wildman–Crippen MR) is 108 cm³/mol. The molecule has 2 heterocycles. The van der Waals surface area contributed by atoms with Crippen LogP contribution in [0.5, 0.6) is 0 Å². The summed E-state index contributed by atoms with van der Waals surface area (Å²) in [5, 5.41) is 5.02. The molecule has 1 aliphatic carbocycles. The van der Waals surface area contributed by atoms with Crippen LogP contribution in [-0.4, -0.2) is 33.8 Å². The maximum Gasteiger partial charge on any atom is 0.0804 e. The Morgan fingerprint density at radius 2 is 1.67 bits per heavy atom. The maximum atomic E-state index is 6.50. The highest BCUT2D eigenvalue weighted by Crippen LogP contribution is 2.31. The second-order valence-corrected chi connectivity index (χ2v) is 7.85. The smallest absolute Gasteiger partial charge is 0.0804 e. The second-order valence-electron chi connectivity index (χ2n) is 7.85. The van der Waals surface area contributed by atoms with E-state index < -0.39 is 0 Å². The Kier molecular flexibility index (Phi) is 4.30. The van der Waals surface area contributed by atoms with Gasteiger partial charge in [-0.1, -0.05) is 48.5 Å². The van der Waals surface area contributed by atoms with Crippen molar-refractivity contribution < 1.29 is 0 Å². The van der Waals surface area contributed by atoms with Crippen molar-refractivity contribution in [3.8, 4) is 5.69 Å². The summed E-state index contributed by atoms with van der Waals surface area (Å²) < 4.78 is 2.17. The molecule has 1 saturated heterocycles. The number of rotatable bonds is 4. The molecule has 3 aromatic rings. The highest BCUT2D eigenvalue weighted by Gasteiger charge is 2.33. The molecule has 138 valence electrons. The van der Waals surface area contributed by atoms with E-state index in [4.69, 9.17) is 10.8 Å². The average molecular weight is 358 g/mol. The van der Waals surface area contributed by atoms with E-state index in [2.05, 4.69) is 70.2 Å². The molecule has 0 spiro atoms. The fourth-order valence-electron chi connectivity index (χ4n) is 4.73. The van der Waals surface area contributed by atoms with Crippen LogP contribution < -0.4 is 5.73 Å². The van der Waals surface area contributed by atoms with E-state index in [1.54, 1.807) is 0 Å². The first-order chi connectivity index (χ1) is 13.3. The van der Waals surface area contributed by atoms with Gasteiger partial charge in [0.15, 0.2) is 0 Å². The van der Waals surface area contributed by atoms with Crippen molar-refractivity contribution in [2.45, 2.75) is 37.8 Å². The molecule has 4 nitrogen and oxygen atoms in total. The number of nitrogens with two attached hydrogens (primary N) is 1. The molecular formula is C23H26N4. The number of hydrogen-bond acceptors (Lipinski definition) is 3. The average Bonchev–Trinajstić information content (AvgIpc) is 3.40. The molecule has 5 rings (SSSR count). The Balaban J connectivity index is 1.39. The van der Waals surface area contributed by atoms with Crippen LogP contribution in [0.4, 0.5) is 0 Å². The van der Waals surface area contributed by atoms with Gasteiger partial charge in [0, 0.05) is 37.3 Å². The van der Waals surface area contributed by atoms with E-state index in [9.17, 15) is 0 Å². The summed E-state index contributed by atoms with van der Waals surface area (Å²) in [5.41, 5.74) is 13.1. The van der Waals surface area contributed by atoms with Gasteiger partial charge in [0.2, 0.25) is 0 Å². The highest BCUT2D eigenvalue weighted by molar-refractivity contribution is 5.40. The van der Waals surface area contributed by atoms with E-state index in [0.717, 1.165) is 32.5 Å². The van der Waals surface area contributed by atoms with Gasteiger partial charge in [-0.3, -0.25) is 4.90 Å². The van der Waals surface area contributed by atoms with Crippen LogP contribution >= 0.6 is 0 Å². The van der Waals surface area contributed by atoms with Gasteiger partial charge < -0.3 is 5.73 Å². The monoisotopic (exact) mass is 358 g/mol. The minimum Gasteiger partial charge on any atom is -0.326 e. The van der Waals surface area contributed by atoms with E-state index in [1.165, 1.54) is 34.6 Å². The zero-order valence-electron chi connectivity index (χ0n) is 15.6. The largest absolute Gasteiger partial charge is 0.326 e. The van der Waals surface area contributed by atoms with E-state index in [-0.39, 0.29) is 6.04 Å². The lowest BCUT2D eigenvalue weighted by Crippen LogP contribution is -2.28. The molecule has 1 aromatic heterocycles. The molecule has 2 atom stereocenters. The van der Waals surface area contributed by atoms with Crippen molar-refractivity contribution >= 4 is 0 Å². The first kappa shape index (κ1) is 16.7. The summed E-state index contributed by atoms with van der Waals surface area (Å²) in [7, 11) is 0. The molecule has 0 bridgehead atoms. The van der Waals surface area contributed by atoms with Gasteiger partial charge in [-0.2, -0.15) is 5.10 Å². The lowest BCUT2D eigenvalue weighted by Gasteiger charge is -2.15. The molecule has 0 saturated carbocycles. The van der Waals surface area contributed by atoms with Gasteiger partial charge in [-0.15, -0.1) is 0 Å². The van der Waals surface area contributed by atoms with Crippen LogP contribution in [0.15, 0.2) is 60.7 Å². The van der Waals surface area contributed by atoms with Crippen molar-refractivity contribution in [3.05, 3.63) is 83.2 Å². The van der Waals surface area contributed by atoms with Crippen LogP contribution in [0, 0.1) is 0 Å². The molecule has 2 N–H and O–H groups in total. The molecule has 0 unspecified atom stereocenters. The minimum atomic E-state index is 0.191. The molecule has 2 aliphatic rings. The molecule has 0 amide bonds. The summed E-state index contributed by atoms with van der Waals surface area (Å²) in [4.78, 5) is 2.48. The maximum absolute atomic E-state index is 6.50. The van der Waals surface area contributed by atoms with Gasteiger partial charge in [-0.05, 0) is 42.5 Å². The van der Waals surface area contributed by atoms with Gasteiger partial charge in [0.1, 0.15) is 0 Å². The number of para-hydroxylation sites is 1. The normalized spacial score (nSPS) is 22.3. The third kappa shape index (κ3) is 3.09. The lowest BCUT2D eigenvalue weighted by atomic mass is 9.95. The minimum absolute atomic E-state index is 0.191. The predicted octanol–water partition coefficient (Wildman–Crippen LogP) is 3.29. The molecule has 1 aliphatic heterocycles. The highest BCUT2D eigenvalue weighted by atomic mass is 15.3. The van der Waals surface area contributed by atoms with Crippen molar-refractivity contribution in [1.29, 1.82) is 0 Å². The standard InChI is InChI=1S/C23H26N4/c24-21-15-26(14-20(21)17-8-3-1-4-9-17)16-22-19-12-7-13-23(19)27(25-22)18-10-5-2-6-11-18/h1-6,8-11,20-21H,7,12-16,24H2/t20-,21+/m0/s1. The molecule has 27 heavy (non-hydrogen) atoms. The molecular weight excluding hydrogens is 332 g/mol. The number of fused-ring (bicyclic) bond motifs is 1. The Morgan fingerprint density at radius 1 is 0.926 bits per heavy atom. The van der Waals surface area contributed by atoms with E-state index >= 15 is 0 Å². The fourth-order valence-corrected chi connectivity index (χ4v) is 4.73. The number of hydrogen-bond donors (Lipinski definition) is 1. The van der Waals surface area contributed by atoms with Gasteiger partial charge >= 0.3 is 0 Å². The van der Waals surface area contributed by atoms with Crippen LogP contribution in [0.1, 0.15) is 34.9 Å². The molecule has 2 aromatic carbocycles. The zero-order valence-corrected chi connectivity index (χ0v) is 15.6. The number of benzene rings is 2. The van der Waals surface area contributed by atoms with Crippen molar-refractivity contribution in [3.63, 3.8) is 0 Å². The first-order valence-corrected chi connectivity index (χ1v) is 9.97. The van der Waals surface area contributed by atoms with Crippen molar-refractivity contribution in [1.82, 2.24) is 14.7 Å². The zero-order chi connectivity index (χ0) is 18.2. The van der Waals surface area contributed by atoms with Crippen molar-refractivity contribution in [2.75, 3.05) is 13.1 Å². The summed E-state index contributed by atoms with van der Waals surface area (Å²) in [5.74, 6) is 0.412. The fraction of sp³-hybridized carbons (Fsp3) is 0.348. The van der Waals surface area contributed by atoms with Crippen LogP contribution in [0.25, 0.3) is 5.69 Å². The third-order valence-electron chi connectivity index (χ3n) is 6.06. The summed E-state index contributed by atoms with van der Waals surface area (Å²) in [6.45, 7) is 2.85. The van der Waals surface area contributed by atoms with Crippen LogP contribution in [0.3, 0.4) is 0 Å². The van der Waals surface area contributed by atoms with E-state index in [1.807, 2.05) is 0 Å². The van der Waals surface area contributed by atoms with Gasteiger partial charge in [0.05, 0.1) is 11.4 Å². The number of aromatic nitrogens is 2. The first-order valence-electron chi connectivity index (χ1n) is 9.97. The lowest BCUT2D eigenvalue weighted by molar-refractivity contribution is 0.318. The number of likely N-dealkylation sites (tertiary alicyclic amines) is 1. The second kappa shape index (κ2) is 6.95. The Hall–Kier alpha value is -2.43. The molecule has 0 radical (unpaired) electrons. The van der Waals surface area contributed by atoms with Gasteiger partial charge in [-0.25, -0.2) is 4.68 Å². The molecule has 4 heteroatoms. The molecule has 1 fully saturated rings. The van der Waals surface area contributed by atoms with Crippen LogP contribution in [0.2, 0.25) is 0 Å². The Morgan fingerprint density at radius 3 is 2.44 bits per heavy atom. The van der Waals surface area contributed by atoms with Gasteiger partial charge in [0.25, 0.3) is 0 Å². The summed E-state index contributed by atoms with van der Waals surface area (Å²) in [6.07, 6.45) is 3.52.